The van der Waals surface area contributed by atoms with Crippen LogP contribution in [0.15, 0.2) is 41.1 Å². The quantitative estimate of drug-likeness (QED) is 0.592. The maximum Gasteiger partial charge on any atom is 0.313 e. The zero-order valence-corrected chi connectivity index (χ0v) is 17.1. The summed E-state index contributed by atoms with van der Waals surface area (Å²) < 4.78 is 0. The monoisotopic (exact) mass is 402 g/mol. The second kappa shape index (κ2) is 10.6. The molecule has 3 N–H and O–H groups in total. The number of carbonyl (C=O) groups is 3. The zero-order valence-electron chi connectivity index (χ0n) is 16.3. The Morgan fingerprint density at radius 3 is 2.07 bits per heavy atom. The van der Waals surface area contributed by atoms with Crippen molar-refractivity contribution >= 4 is 40.4 Å². The van der Waals surface area contributed by atoms with E-state index in [1.165, 1.54) is 6.92 Å². The Labute approximate surface area is 169 Å². The summed E-state index contributed by atoms with van der Waals surface area (Å²) in [5, 5.41) is 12.0. The van der Waals surface area contributed by atoms with Gasteiger partial charge in [0.2, 0.25) is 5.91 Å². The Morgan fingerprint density at radius 2 is 1.57 bits per heavy atom. The van der Waals surface area contributed by atoms with E-state index in [2.05, 4.69) is 40.1 Å². The lowest BCUT2D eigenvalue weighted by atomic mass is 10.1. The number of carbonyl (C=O) groups excluding carboxylic acids is 3. The highest BCUT2D eigenvalue weighted by atomic mass is 32.1. The topological polar surface area (TPSA) is 90.5 Å². The van der Waals surface area contributed by atoms with Crippen molar-refractivity contribution in [2.45, 2.75) is 26.8 Å². The van der Waals surface area contributed by atoms with Crippen molar-refractivity contribution in [3.05, 3.63) is 46.7 Å². The molecule has 28 heavy (non-hydrogen) atoms. The zero-order chi connectivity index (χ0) is 20.5. The predicted octanol–water partition coefficient (Wildman–Crippen LogP) is 2.84. The standard InChI is InChI=1S/C20H26N4O3S/c1-4-24(5-2)18(15-10-11-28-13-15)12-21-19(26)20(27)23-17-8-6-16(7-9-17)22-14(3)25/h6-11,13,18H,4-5,12H2,1-3H3,(H,21,26)(H,22,25)(H,23,27). The van der Waals surface area contributed by atoms with E-state index in [1.807, 2.05) is 11.4 Å². The summed E-state index contributed by atoms with van der Waals surface area (Å²) in [6.45, 7) is 7.61. The van der Waals surface area contributed by atoms with Gasteiger partial charge in [0.15, 0.2) is 0 Å². The van der Waals surface area contributed by atoms with E-state index in [0.717, 1.165) is 18.7 Å². The molecule has 1 aromatic carbocycles. The van der Waals surface area contributed by atoms with Crippen LogP contribution < -0.4 is 16.0 Å². The van der Waals surface area contributed by atoms with Gasteiger partial charge in [-0.2, -0.15) is 11.3 Å². The van der Waals surface area contributed by atoms with Crippen LogP contribution in [-0.2, 0) is 14.4 Å². The summed E-state index contributed by atoms with van der Waals surface area (Å²) in [7, 11) is 0. The molecule has 2 rings (SSSR count). The fourth-order valence-corrected chi connectivity index (χ4v) is 3.59. The van der Waals surface area contributed by atoms with Gasteiger partial charge in [-0.25, -0.2) is 0 Å². The van der Waals surface area contributed by atoms with Gasteiger partial charge < -0.3 is 16.0 Å². The molecule has 150 valence electrons. The third kappa shape index (κ3) is 6.17. The van der Waals surface area contributed by atoms with E-state index in [-0.39, 0.29) is 11.9 Å². The van der Waals surface area contributed by atoms with Gasteiger partial charge in [0.1, 0.15) is 0 Å². The molecule has 3 amide bonds. The summed E-state index contributed by atoms with van der Waals surface area (Å²) >= 11 is 1.61. The lowest BCUT2D eigenvalue weighted by Gasteiger charge is -2.29. The summed E-state index contributed by atoms with van der Waals surface area (Å²) in [6, 6.07) is 8.62. The molecule has 0 aliphatic rings. The largest absolute Gasteiger partial charge is 0.346 e. The fraction of sp³-hybridized carbons (Fsp3) is 0.350. The van der Waals surface area contributed by atoms with Crippen LogP contribution in [0.4, 0.5) is 11.4 Å². The maximum atomic E-state index is 12.2. The van der Waals surface area contributed by atoms with Crippen LogP contribution in [0.5, 0.6) is 0 Å². The highest BCUT2D eigenvalue weighted by molar-refractivity contribution is 7.08. The van der Waals surface area contributed by atoms with Crippen LogP contribution in [0.3, 0.4) is 0 Å². The van der Waals surface area contributed by atoms with Crippen LogP contribution in [0.1, 0.15) is 32.4 Å². The number of anilines is 2. The van der Waals surface area contributed by atoms with E-state index >= 15 is 0 Å². The van der Waals surface area contributed by atoms with Gasteiger partial charge in [-0.15, -0.1) is 0 Å². The lowest BCUT2D eigenvalue weighted by molar-refractivity contribution is -0.136. The first-order chi connectivity index (χ1) is 13.4. The molecule has 0 bridgehead atoms. The number of nitrogens with one attached hydrogen (secondary N) is 3. The number of hydrogen-bond acceptors (Lipinski definition) is 5. The number of nitrogens with zero attached hydrogens (tertiary/aromatic N) is 1. The molecule has 0 aliphatic carbocycles. The number of benzene rings is 1. The summed E-state index contributed by atoms with van der Waals surface area (Å²) in [6.07, 6.45) is 0. The fourth-order valence-electron chi connectivity index (χ4n) is 2.88. The Bertz CT molecular complexity index is 786. The van der Waals surface area contributed by atoms with E-state index < -0.39 is 11.8 Å². The molecule has 1 aromatic heterocycles. The molecule has 0 radical (unpaired) electrons. The van der Waals surface area contributed by atoms with Crippen LogP contribution in [-0.4, -0.2) is 42.3 Å². The third-order valence-corrected chi connectivity index (χ3v) is 5.01. The average Bonchev–Trinajstić information content (AvgIpc) is 3.20. The molecule has 7 nitrogen and oxygen atoms in total. The molecule has 8 heteroatoms. The van der Waals surface area contributed by atoms with Crippen LogP contribution >= 0.6 is 11.3 Å². The molecule has 1 heterocycles. The third-order valence-electron chi connectivity index (χ3n) is 4.31. The highest BCUT2D eigenvalue weighted by Crippen LogP contribution is 2.22. The highest BCUT2D eigenvalue weighted by Gasteiger charge is 2.21. The second-order valence-electron chi connectivity index (χ2n) is 6.22. The average molecular weight is 403 g/mol. The number of rotatable bonds is 8. The van der Waals surface area contributed by atoms with E-state index in [9.17, 15) is 14.4 Å². The van der Waals surface area contributed by atoms with Crippen molar-refractivity contribution in [2.24, 2.45) is 0 Å². The van der Waals surface area contributed by atoms with Crippen LogP contribution in [0.25, 0.3) is 0 Å². The van der Waals surface area contributed by atoms with Crippen molar-refractivity contribution in [3.63, 3.8) is 0 Å². The number of thiophene rings is 1. The summed E-state index contributed by atoms with van der Waals surface area (Å²) in [4.78, 5) is 37.7. The molecule has 0 spiro atoms. The minimum atomic E-state index is -0.726. The Hall–Kier alpha value is -2.71. The Morgan fingerprint density at radius 1 is 0.964 bits per heavy atom. The van der Waals surface area contributed by atoms with E-state index in [4.69, 9.17) is 0 Å². The number of hydrogen-bond donors (Lipinski definition) is 3. The SMILES string of the molecule is CCN(CC)C(CNC(=O)C(=O)Nc1ccc(NC(C)=O)cc1)c1ccsc1. The van der Waals surface area contributed by atoms with Gasteiger partial charge in [-0.3, -0.25) is 19.3 Å². The van der Waals surface area contributed by atoms with E-state index in [1.54, 1.807) is 35.6 Å². The molecular weight excluding hydrogens is 376 g/mol. The second-order valence-corrected chi connectivity index (χ2v) is 7.00. The first-order valence-electron chi connectivity index (χ1n) is 9.17. The Kier molecular flexibility index (Phi) is 8.16. The van der Waals surface area contributed by atoms with Gasteiger partial charge in [0, 0.05) is 24.8 Å². The van der Waals surface area contributed by atoms with Crippen molar-refractivity contribution < 1.29 is 14.4 Å². The molecular formula is C20H26N4O3S. The van der Waals surface area contributed by atoms with E-state index in [0.29, 0.717) is 17.9 Å². The number of likely N-dealkylation sites (N-methyl/N-ethyl adjacent to an activating group) is 1. The minimum absolute atomic E-state index is 0.0231. The number of amides is 3. The maximum absolute atomic E-state index is 12.2. The molecule has 2 aromatic rings. The normalized spacial score (nSPS) is 11.7. The van der Waals surface area contributed by atoms with Crippen LogP contribution in [0.2, 0.25) is 0 Å². The van der Waals surface area contributed by atoms with Crippen molar-refractivity contribution in [1.29, 1.82) is 0 Å². The predicted molar refractivity (Wildman–Crippen MR) is 112 cm³/mol. The summed E-state index contributed by atoms with van der Waals surface area (Å²) in [5.74, 6) is -1.58. The van der Waals surface area contributed by atoms with Gasteiger partial charge in [-0.05, 0) is 59.7 Å². The first-order valence-corrected chi connectivity index (χ1v) is 10.1. The lowest BCUT2D eigenvalue weighted by Crippen LogP contribution is -2.42. The minimum Gasteiger partial charge on any atom is -0.346 e. The van der Waals surface area contributed by atoms with Gasteiger partial charge in [0.05, 0.1) is 6.04 Å². The molecule has 0 fully saturated rings. The molecule has 0 saturated heterocycles. The molecule has 0 aliphatic heterocycles. The smallest absolute Gasteiger partial charge is 0.313 e. The molecule has 1 unspecified atom stereocenters. The molecule has 1 atom stereocenters. The van der Waals surface area contributed by atoms with Crippen molar-refractivity contribution in [3.8, 4) is 0 Å². The van der Waals surface area contributed by atoms with Crippen molar-refractivity contribution in [2.75, 3.05) is 30.3 Å². The molecule has 0 saturated carbocycles. The first kappa shape index (κ1) is 21.6. The Balaban J connectivity index is 1.93. The van der Waals surface area contributed by atoms with Gasteiger partial charge in [0.25, 0.3) is 0 Å². The van der Waals surface area contributed by atoms with Crippen LogP contribution in [0, 0.1) is 0 Å². The van der Waals surface area contributed by atoms with Gasteiger partial charge in [-0.1, -0.05) is 13.8 Å². The van der Waals surface area contributed by atoms with Gasteiger partial charge >= 0.3 is 11.8 Å². The summed E-state index contributed by atoms with van der Waals surface area (Å²) in [5.41, 5.74) is 2.23. The van der Waals surface area contributed by atoms with Crippen molar-refractivity contribution in [1.82, 2.24) is 10.2 Å².